The van der Waals surface area contributed by atoms with Crippen molar-refractivity contribution in [3.05, 3.63) is 54.6 Å². The minimum absolute atomic E-state index is 0.342. The van der Waals surface area contributed by atoms with E-state index in [1.165, 1.54) is 0 Å². The molecular formula is C17H21NO2. The molecule has 20 heavy (non-hydrogen) atoms. The average molecular weight is 271 g/mol. The van der Waals surface area contributed by atoms with Crippen molar-refractivity contribution in [2.75, 3.05) is 6.54 Å². The van der Waals surface area contributed by atoms with E-state index >= 15 is 0 Å². The van der Waals surface area contributed by atoms with Crippen molar-refractivity contribution in [3.63, 3.8) is 0 Å². The van der Waals surface area contributed by atoms with Crippen LogP contribution >= 0.6 is 0 Å². The summed E-state index contributed by atoms with van der Waals surface area (Å²) in [5.74, 6) is 2.33. The first-order chi connectivity index (χ1) is 9.65. The van der Waals surface area contributed by atoms with E-state index in [9.17, 15) is 0 Å². The maximum atomic E-state index is 5.97. The second-order valence-corrected chi connectivity index (χ2v) is 5.00. The molecule has 0 aliphatic heterocycles. The Bertz CT molecular complexity index is 536. The first-order valence-corrected chi connectivity index (χ1v) is 6.87. The van der Waals surface area contributed by atoms with E-state index in [0.29, 0.717) is 6.54 Å². The topological polar surface area (TPSA) is 44.5 Å². The number of nitrogens with two attached hydrogens (primary N) is 1. The van der Waals surface area contributed by atoms with E-state index in [4.69, 9.17) is 15.2 Å². The molecule has 0 heterocycles. The molecule has 0 saturated carbocycles. The predicted octanol–water partition coefficient (Wildman–Crippen LogP) is 3.99. The zero-order chi connectivity index (χ0) is 14.4. The molecule has 0 aliphatic rings. The van der Waals surface area contributed by atoms with E-state index in [-0.39, 0.29) is 5.60 Å². The molecule has 2 N–H and O–H groups in total. The Hall–Kier alpha value is -2.00. The summed E-state index contributed by atoms with van der Waals surface area (Å²) in [5.41, 5.74) is 5.43. The van der Waals surface area contributed by atoms with Crippen molar-refractivity contribution in [1.29, 1.82) is 0 Å². The average Bonchev–Trinajstić information content (AvgIpc) is 2.48. The van der Waals surface area contributed by atoms with Gasteiger partial charge in [-0.25, -0.2) is 0 Å². The van der Waals surface area contributed by atoms with Crippen LogP contribution in [0.5, 0.6) is 17.2 Å². The standard InChI is InChI=1S/C17H21NO2/c1-3-17(2,13-18)20-16-11-7-10-15(12-16)19-14-8-5-4-6-9-14/h4-12H,3,13,18H2,1-2H3. The summed E-state index contributed by atoms with van der Waals surface area (Å²) in [6.07, 6.45) is 0.854. The van der Waals surface area contributed by atoms with E-state index in [1.54, 1.807) is 0 Å². The SMILES string of the molecule is CCC(C)(CN)Oc1cccc(Oc2ccccc2)c1. The van der Waals surface area contributed by atoms with Crippen LogP contribution in [0.25, 0.3) is 0 Å². The molecule has 1 atom stereocenters. The normalized spacial score (nSPS) is 13.6. The molecule has 0 radical (unpaired) electrons. The van der Waals surface area contributed by atoms with E-state index in [0.717, 1.165) is 23.7 Å². The highest BCUT2D eigenvalue weighted by atomic mass is 16.5. The fraction of sp³-hybridized carbons (Fsp3) is 0.294. The maximum absolute atomic E-state index is 5.97. The summed E-state index contributed by atoms with van der Waals surface area (Å²) in [4.78, 5) is 0. The minimum atomic E-state index is -0.342. The van der Waals surface area contributed by atoms with Gasteiger partial charge in [-0.2, -0.15) is 0 Å². The van der Waals surface area contributed by atoms with Crippen molar-refractivity contribution in [2.24, 2.45) is 5.73 Å². The maximum Gasteiger partial charge on any atom is 0.131 e. The lowest BCUT2D eigenvalue weighted by Crippen LogP contribution is -2.39. The van der Waals surface area contributed by atoms with E-state index in [2.05, 4.69) is 6.92 Å². The molecule has 0 aromatic heterocycles. The Morgan fingerprint density at radius 1 is 0.950 bits per heavy atom. The predicted molar refractivity (Wildman–Crippen MR) is 81.3 cm³/mol. The minimum Gasteiger partial charge on any atom is -0.486 e. The Morgan fingerprint density at radius 3 is 2.25 bits per heavy atom. The molecule has 3 nitrogen and oxygen atoms in total. The lowest BCUT2D eigenvalue weighted by Gasteiger charge is -2.28. The summed E-state index contributed by atoms with van der Waals surface area (Å²) >= 11 is 0. The molecule has 0 saturated heterocycles. The Labute approximate surface area is 120 Å². The third-order valence-electron chi connectivity index (χ3n) is 3.33. The molecule has 1 unspecified atom stereocenters. The Kier molecular flexibility index (Phi) is 4.64. The number of rotatable bonds is 6. The quantitative estimate of drug-likeness (QED) is 0.864. The number of hydrogen-bond acceptors (Lipinski definition) is 3. The van der Waals surface area contributed by atoms with Crippen LogP contribution in [0.3, 0.4) is 0 Å². The zero-order valence-corrected chi connectivity index (χ0v) is 12.0. The number of benzene rings is 2. The monoisotopic (exact) mass is 271 g/mol. The van der Waals surface area contributed by atoms with Gasteiger partial charge >= 0.3 is 0 Å². The highest BCUT2D eigenvalue weighted by molar-refractivity contribution is 5.37. The lowest BCUT2D eigenvalue weighted by atomic mass is 10.0. The summed E-state index contributed by atoms with van der Waals surface area (Å²) in [6, 6.07) is 17.3. The number of ether oxygens (including phenoxy) is 2. The number of para-hydroxylation sites is 1. The van der Waals surface area contributed by atoms with Crippen LogP contribution in [-0.2, 0) is 0 Å². The molecule has 0 fully saturated rings. The number of hydrogen-bond donors (Lipinski definition) is 1. The van der Waals surface area contributed by atoms with Crippen molar-refractivity contribution < 1.29 is 9.47 Å². The third-order valence-corrected chi connectivity index (χ3v) is 3.33. The van der Waals surface area contributed by atoms with Gasteiger partial charge in [-0.15, -0.1) is 0 Å². The molecule has 2 rings (SSSR count). The van der Waals surface area contributed by atoms with Crippen LogP contribution in [0.4, 0.5) is 0 Å². The smallest absolute Gasteiger partial charge is 0.131 e. The van der Waals surface area contributed by atoms with Crippen molar-refractivity contribution in [1.82, 2.24) is 0 Å². The van der Waals surface area contributed by atoms with Crippen molar-refractivity contribution >= 4 is 0 Å². The van der Waals surface area contributed by atoms with Crippen LogP contribution < -0.4 is 15.2 Å². The fourth-order valence-electron chi connectivity index (χ4n) is 1.77. The van der Waals surface area contributed by atoms with E-state index < -0.39 is 0 Å². The van der Waals surface area contributed by atoms with Crippen LogP contribution in [0.2, 0.25) is 0 Å². The summed E-state index contributed by atoms with van der Waals surface area (Å²) in [6.45, 7) is 4.56. The fourth-order valence-corrected chi connectivity index (χ4v) is 1.77. The molecule has 0 aliphatic carbocycles. The van der Waals surface area contributed by atoms with Gasteiger partial charge in [0.15, 0.2) is 0 Å². The van der Waals surface area contributed by atoms with Gasteiger partial charge in [-0.3, -0.25) is 0 Å². The second kappa shape index (κ2) is 6.44. The summed E-state index contributed by atoms with van der Waals surface area (Å²) < 4.78 is 11.8. The van der Waals surface area contributed by atoms with Gasteiger partial charge in [0, 0.05) is 12.6 Å². The van der Waals surface area contributed by atoms with Crippen molar-refractivity contribution in [2.45, 2.75) is 25.9 Å². The molecule has 3 heteroatoms. The van der Waals surface area contributed by atoms with Gasteiger partial charge in [0.2, 0.25) is 0 Å². The molecule has 0 bridgehead atoms. The van der Waals surface area contributed by atoms with Gasteiger partial charge in [-0.1, -0.05) is 31.2 Å². The summed E-state index contributed by atoms with van der Waals surface area (Å²) in [5, 5.41) is 0. The van der Waals surface area contributed by atoms with Gasteiger partial charge in [0.1, 0.15) is 22.8 Å². The first kappa shape index (κ1) is 14.4. The van der Waals surface area contributed by atoms with Gasteiger partial charge < -0.3 is 15.2 Å². The molecule has 106 valence electrons. The lowest BCUT2D eigenvalue weighted by molar-refractivity contribution is 0.0933. The van der Waals surface area contributed by atoms with Crippen LogP contribution in [0.1, 0.15) is 20.3 Å². The molecular weight excluding hydrogens is 250 g/mol. The zero-order valence-electron chi connectivity index (χ0n) is 12.0. The van der Waals surface area contributed by atoms with Crippen LogP contribution in [0.15, 0.2) is 54.6 Å². The van der Waals surface area contributed by atoms with Crippen molar-refractivity contribution in [3.8, 4) is 17.2 Å². The molecule has 2 aromatic rings. The molecule has 0 amide bonds. The summed E-state index contributed by atoms with van der Waals surface area (Å²) in [7, 11) is 0. The Balaban J connectivity index is 2.12. The van der Waals surface area contributed by atoms with E-state index in [1.807, 2.05) is 61.5 Å². The van der Waals surface area contributed by atoms with Crippen LogP contribution in [0, 0.1) is 0 Å². The first-order valence-electron chi connectivity index (χ1n) is 6.87. The highest BCUT2D eigenvalue weighted by Crippen LogP contribution is 2.27. The van der Waals surface area contributed by atoms with Gasteiger partial charge in [0.25, 0.3) is 0 Å². The second-order valence-electron chi connectivity index (χ2n) is 5.00. The van der Waals surface area contributed by atoms with Crippen LogP contribution in [-0.4, -0.2) is 12.1 Å². The van der Waals surface area contributed by atoms with Gasteiger partial charge in [0.05, 0.1) is 0 Å². The third kappa shape index (κ3) is 3.75. The Morgan fingerprint density at radius 2 is 1.60 bits per heavy atom. The van der Waals surface area contributed by atoms with Gasteiger partial charge in [-0.05, 0) is 37.6 Å². The highest BCUT2D eigenvalue weighted by Gasteiger charge is 2.22. The molecule has 2 aromatic carbocycles. The molecule has 0 spiro atoms. The largest absolute Gasteiger partial charge is 0.486 e.